The summed E-state index contributed by atoms with van der Waals surface area (Å²) in [5.41, 5.74) is 7.46. The maximum atomic E-state index is 12.0. The molecule has 1 aromatic carbocycles. The van der Waals surface area contributed by atoms with E-state index in [0.717, 1.165) is 24.8 Å². The molecule has 6 nitrogen and oxygen atoms in total. The Hall–Kier alpha value is -2.60. The molecule has 0 radical (unpaired) electrons. The quantitative estimate of drug-likeness (QED) is 0.667. The van der Waals surface area contributed by atoms with Crippen LogP contribution in [0.3, 0.4) is 0 Å². The van der Waals surface area contributed by atoms with Crippen molar-refractivity contribution >= 4 is 30.0 Å². The molecule has 0 fully saturated rings. The number of hydrogen-bond donors (Lipinski definition) is 3. The number of aryl methyl sites for hydroxylation is 1. The van der Waals surface area contributed by atoms with Gasteiger partial charge in [0.25, 0.3) is 5.91 Å². The van der Waals surface area contributed by atoms with Gasteiger partial charge < -0.3 is 5.11 Å². The Kier molecular flexibility index (Phi) is 7.71. The highest BCUT2D eigenvalue weighted by Crippen LogP contribution is 2.09. The zero-order valence-corrected chi connectivity index (χ0v) is 14.1. The van der Waals surface area contributed by atoms with E-state index in [-0.39, 0.29) is 23.9 Å². The molecule has 0 aliphatic rings. The Morgan fingerprint density at radius 2 is 1.83 bits per heavy atom. The number of halogens is 1. The summed E-state index contributed by atoms with van der Waals surface area (Å²) >= 11 is 0. The number of pyridine rings is 1. The molecule has 0 atom stereocenters. The second-order valence-electron chi connectivity index (χ2n) is 5.12. The molecule has 0 unspecified atom stereocenters. The summed E-state index contributed by atoms with van der Waals surface area (Å²) in [7, 11) is 0. The number of unbranched alkanes of at least 4 members (excludes halogenated alkanes) is 1. The molecule has 0 spiro atoms. The van der Waals surface area contributed by atoms with Gasteiger partial charge in [0.1, 0.15) is 5.69 Å². The average Bonchev–Trinajstić information content (AvgIpc) is 2.58. The van der Waals surface area contributed by atoms with E-state index in [2.05, 4.69) is 22.8 Å². The molecule has 0 aliphatic carbocycles. The third kappa shape index (κ3) is 5.55. The largest absolute Gasteiger partial charge is 0.478 e. The van der Waals surface area contributed by atoms with Crippen molar-refractivity contribution in [1.29, 1.82) is 0 Å². The molecule has 128 valence electrons. The summed E-state index contributed by atoms with van der Waals surface area (Å²) in [6, 6.07) is 9.65. The summed E-state index contributed by atoms with van der Waals surface area (Å²) in [6.45, 7) is 2.13. The number of amides is 1. The first-order valence-corrected chi connectivity index (χ1v) is 7.45. The van der Waals surface area contributed by atoms with Gasteiger partial charge in [0.15, 0.2) is 0 Å². The molecule has 2 rings (SSSR count). The first-order valence-electron chi connectivity index (χ1n) is 7.45. The van der Waals surface area contributed by atoms with Crippen molar-refractivity contribution in [3.63, 3.8) is 0 Å². The zero-order valence-electron chi connectivity index (χ0n) is 13.3. The fourth-order valence-corrected chi connectivity index (χ4v) is 1.98. The van der Waals surface area contributed by atoms with Crippen molar-refractivity contribution in [1.82, 2.24) is 10.4 Å². The van der Waals surface area contributed by atoms with Crippen LogP contribution in [0.4, 0.5) is 5.69 Å². The van der Waals surface area contributed by atoms with E-state index < -0.39 is 5.97 Å². The maximum Gasteiger partial charge on any atom is 0.335 e. The molecule has 1 heterocycles. The van der Waals surface area contributed by atoms with Crippen molar-refractivity contribution in [2.24, 2.45) is 0 Å². The lowest BCUT2D eigenvalue weighted by atomic mass is 10.1. The number of carbonyl (C=O) groups is 2. The fourth-order valence-electron chi connectivity index (χ4n) is 1.98. The Labute approximate surface area is 146 Å². The minimum Gasteiger partial charge on any atom is -0.478 e. The van der Waals surface area contributed by atoms with Gasteiger partial charge in [-0.3, -0.25) is 20.6 Å². The van der Waals surface area contributed by atoms with Crippen LogP contribution >= 0.6 is 12.4 Å². The molecule has 0 bridgehead atoms. The maximum absolute atomic E-state index is 12.0. The summed E-state index contributed by atoms with van der Waals surface area (Å²) in [4.78, 5) is 26.9. The molecule has 1 amide bonds. The Bertz CT molecular complexity index is 672. The average molecular weight is 350 g/mol. The van der Waals surface area contributed by atoms with Crippen molar-refractivity contribution in [2.75, 3.05) is 5.43 Å². The predicted molar refractivity (Wildman–Crippen MR) is 94.6 cm³/mol. The van der Waals surface area contributed by atoms with Gasteiger partial charge in [0.2, 0.25) is 0 Å². The smallest absolute Gasteiger partial charge is 0.335 e. The van der Waals surface area contributed by atoms with Gasteiger partial charge in [-0.25, -0.2) is 4.79 Å². The summed E-state index contributed by atoms with van der Waals surface area (Å²) in [5, 5.41) is 8.82. The van der Waals surface area contributed by atoms with Crippen molar-refractivity contribution < 1.29 is 14.7 Å². The minimum atomic E-state index is -0.993. The van der Waals surface area contributed by atoms with E-state index >= 15 is 0 Å². The fraction of sp³-hybridized carbons (Fsp3) is 0.235. The first kappa shape index (κ1) is 19.4. The third-order valence-corrected chi connectivity index (χ3v) is 3.33. The van der Waals surface area contributed by atoms with Gasteiger partial charge in [-0.05, 0) is 48.7 Å². The number of carboxylic acid groups (broad SMARTS) is 1. The van der Waals surface area contributed by atoms with Crippen LogP contribution in [0, 0.1) is 0 Å². The number of carbonyl (C=O) groups excluding carboxylic acids is 1. The summed E-state index contributed by atoms with van der Waals surface area (Å²) < 4.78 is 0. The van der Waals surface area contributed by atoms with E-state index in [0.29, 0.717) is 11.4 Å². The lowest BCUT2D eigenvalue weighted by Gasteiger charge is -2.08. The molecule has 3 N–H and O–H groups in total. The van der Waals surface area contributed by atoms with Crippen molar-refractivity contribution in [3.05, 3.63) is 59.4 Å². The van der Waals surface area contributed by atoms with Gasteiger partial charge >= 0.3 is 5.97 Å². The molecular formula is C17H20ClN3O3. The molecule has 0 aliphatic heterocycles. The highest BCUT2D eigenvalue weighted by molar-refractivity contribution is 5.93. The first-order chi connectivity index (χ1) is 11.1. The molecule has 1 aromatic heterocycles. The molecule has 2 aromatic rings. The van der Waals surface area contributed by atoms with Crippen LogP contribution in [0.5, 0.6) is 0 Å². The van der Waals surface area contributed by atoms with Crippen LogP contribution in [0.2, 0.25) is 0 Å². The van der Waals surface area contributed by atoms with Crippen LogP contribution in [0.25, 0.3) is 0 Å². The van der Waals surface area contributed by atoms with Crippen LogP contribution < -0.4 is 10.9 Å². The van der Waals surface area contributed by atoms with Gasteiger partial charge in [0.05, 0.1) is 11.3 Å². The number of aromatic nitrogens is 1. The molecule has 0 saturated carbocycles. The van der Waals surface area contributed by atoms with E-state index in [9.17, 15) is 9.59 Å². The van der Waals surface area contributed by atoms with Gasteiger partial charge in [0, 0.05) is 6.20 Å². The van der Waals surface area contributed by atoms with E-state index in [1.807, 2.05) is 6.07 Å². The van der Waals surface area contributed by atoms with Crippen molar-refractivity contribution in [2.45, 2.75) is 26.2 Å². The number of nitrogens with zero attached hydrogens (tertiary/aromatic N) is 1. The topological polar surface area (TPSA) is 91.3 Å². The normalized spacial score (nSPS) is 9.71. The highest BCUT2D eigenvalue weighted by Gasteiger charge is 2.07. The molecule has 0 saturated heterocycles. The monoisotopic (exact) mass is 349 g/mol. The Morgan fingerprint density at radius 1 is 1.12 bits per heavy atom. The summed E-state index contributed by atoms with van der Waals surface area (Å²) in [6.07, 6.45) is 4.89. The molecule has 7 heteroatoms. The highest BCUT2D eigenvalue weighted by atomic mass is 35.5. The van der Waals surface area contributed by atoms with E-state index in [1.54, 1.807) is 24.4 Å². The number of carboxylic acids is 1. The number of benzene rings is 1. The van der Waals surface area contributed by atoms with Crippen LogP contribution in [0.1, 0.15) is 46.2 Å². The van der Waals surface area contributed by atoms with Gasteiger partial charge in [-0.1, -0.05) is 19.4 Å². The molecular weight excluding hydrogens is 330 g/mol. The van der Waals surface area contributed by atoms with Gasteiger partial charge in [-0.15, -0.1) is 12.4 Å². The molecule has 24 heavy (non-hydrogen) atoms. The van der Waals surface area contributed by atoms with E-state index in [1.165, 1.54) is 12.1 Å². The number of aromatic carboxylic acids is 1. The SMILES string of the molecule is CCCCc1ccc(C(=O)NNc2ccc(C(=O)O)cc2)nc1.Cl. The Balaban J connectivity index is 0.00000288. The van der Waals surface area contributed by atoms with Crippen LogP contribution in [0.15, 0.2) is 42.6 Å². The second-order valence-corrected chi connectivity index (χ2v) is 5.12. The lowest BCUT2D eigenvalue weighted by Crippen LogP contribution is -2.30. The predicted octanol–water partition coefficient (Wildman–Crippen LogP) is 3.30. The number of hydrazine groups is 1. The second kappa shape index (κ2) is 9.52. The standard InChI is InChI=1S/C17H19N3O3.ClH/c1-2-3-4-12-5-10-15(18-11-12)16(21)20-19-14-8-6-13(7-9-14)17(22)23;/h5-11,19H,2-4H2,1H3,(H,20,21)(H,22,23);1H. The van der Waals surface area contributed by atoms with Crippen LogP contribution in [-0.2, 0) is 6.42 Å². The lowest BCUT2D eigenvalue weighted by molar-refractivity contribution is 0.0696. The number of anilines is 1. The van der Waals surface area contributed by atoms with Gasteiger partial charge in [-0.2, -0.15) is 0 Å². The van der Waals surface area contributed by atoms with Crippen molar-refractivity contribution in [3.8, 4) is 0 Å². The Morgan fingerprint density at radius 3 is 2.38 bits per heavy atom. The number of hydrogen-bond acceptors (Lipinski definition) is 4. The van der Waals surface area contributed by atoms with E-state index in [4.69, 9.17) is 5.11 Å². The third-order valence-electron chi connectivity index (χ3n) is 3.33. The summed E-state index contributed by atoms with van der Waals surface area (Å²) in [5.74, 6) is -1.35. The number of nitrogens with one attached hydrogen (secondary N) is 2. The number of rotatable bonds is 7. The zero-order chi connectivity index (χ0) is 16.7. The van der Waals surface area contributed by atoms with Crippen LogP contribution in [-0.4, -0.2) is 22.0 Å². The minimum absolute atomic E-state index is 0.